The van der Waals surface area contributed by atoms with Crippen LogP contribution in [0.15, 0.2) is 24.3 Å². The molecule has 1 aliphatic rings. The van der Waals surface area contributed by atoms with E-state index in [2.05, 4.69) is 5.32 Å². The van der Waals surface area contributed by atoms with Gasteiger partial charge in [-0.2, -0.15) is 0 Å². The third kappa shape index (κ3) is 3.14. The van der Waals surface area contributed by atoms with Gasteiger partial charge in [-0.15, -0.1) is 0 Å². The van der Waals surface area contributed by atoms with Crippen molar-refractivity contribution in [2.45, 2.75) is 25.9 Å². The highest BCUT2D eigenvalue weighted by molar-refractivity contribution is 5.33. The molecule has 88 valence electrons. The molecule has 0 amide bonds. The Bertz CT molecular complexity index is 321. The first-order valence-corrected chi connectivity index (χ1v) is 5.98. The number of piperidine rings is 1. The van der Waals surface area contributed by atoms with Crippen LogP contribution in [0.5, 0.6) is 11.5 Å². The van der Waals surface area contributed by atoms with Crippen LogP contribution in [0.1, 0.15) is 19.8 Å². The summed E-state index contributed by atoms with van der Waals surface area (Å²) in [5.41, 5.74) is 0. The molecule has 0 unspecified atom stereocenters. The lowest BCUT2D eigenvalue weighted by molar-refractivity contribution is 0.162. The van der Waals surface area contributed by atoms with Crippen molar-refractivity contribution in [3.8, 4) is 11.5 Å². The zero-order valence-electron chi connectivity index (χ0n) is 9.74. The predicted molar refractivity (Wildman–Crippen MR) is 64.1 cm³/mol. The number of hydrogen-bond donors (Lipinski definition) is 1. The fraction of sp³-hybridized carbons (Fsp3) is 0.538. The third-order valence-electron chi connectivity index (χ3n) is 2.71. The fourth-order valence-electron chi connectivity index (χ4n) is 1.91. The van der Waals surface area contributed by atoms with Crippen LogP contribution in [0.25, 0.3) is 0 Å². The van der Waals surface area contributed by atoms with E-state index in [9.17, 15) is 0 Å². The molecule has 1 fully saturated rings. The summed E-state index contributed by atoms with van der Waals surface area (Å²) >= 11 is 0. The van der Waals surface area contributed by atoms with Crippen LogP contribution in [-0.4, -0.2) is 25.8 Å². The van der Waals surface area contributed by atoms with Crippen molar-refractivity contribution < 1.29 is 9.47 Å². The van der Waals surface area contributed by atoms with Crippen molar-refractivity contribution in [2.75, 3.05) is 19.7 Å². The van der Waals surface area contributed by atoms with Crippen molar-refractivity contribution in [3.05, 3.63) is 24.3 Å². The summed E-state index contributed by atoms with van der Waals surface area (Å²) < 4.78 is 11.4. The molecule has 3 nitrogen and oxygen atoms in total. The van der Waals surface area contributed by atoms with Gasteiger partial charge in [-0.1, -0.05) is 6.07 Å². The van der Waals surface area contributed by atoms with E-state index in [1.165, 1.54) is 0 Å². The first-order chi connectivity index (χ1) is 7.88. The number of nitrogens with one attached hydrogen (secondary N) is 1. The molecule has 0 spiro atoms. The average Bonchev–Trinajstić information content (AvgIpc) is 2.31. The predicted octanol–water partition coefficient (Wildman–Crippen LogP) is 2.22. The number of hydrogen-bond acceptors (Lipinski definition) is 3. The molecule has 1 heterocycles. The van der Waals surface area contributed by atoms with E-state index in [0.717, 1.165) is 37.4 Å². The smallest absolute Gasteiger partial charge is 0.123 e. The molecule has 1 aromatic carbocycles. The van der Waals surface area contributed by atoms with E-state index in [1.54, 1.807) is 0 Å². The molecule has 0 radical (unpaired) electrons. The average molecular weight is 221 g/mol. The molecule has 0 bridgehead atoms. The summed E-state index contributed by atoms with van der Waals surface area (Å²) in [5, 5.41) is 3.33. The Balaban J connectivity index is 1.94. The topological polar surface area (TPSA) is 30.5 Å². The zero-order valence-corrected chi connectivity index (χ0v) is 9.74. The Morgan fingerprint density at radius 3 is 2.75 bits per heavy atom. The molecule has 0 aliphatic carbocycles. The van der Waals surface area contributed by atoms with Gasteiger partial charge in [0, 0.05) is 6.07 Å². The SMILES string of the molecule is CCOc1cccc(OC2CCNCC2)c1. The van der Waals surface area contributed by atoms with Gasteiger partial charge < -0.3 is 14.8 Å². The van der Waals surface area contributed by atoms with Gasteiger partial charge in [0.15, 0.2) is 0 Å². The Labute approximate surface area is 96.8 Å². The molecule has 0 saturated carbocycles. The van der Waals surface area contributed by atoms with Crippen LogP contribution in [0.3, 0.4) is 0 Å². The van der Waals surface area contributed by atoms with Crippen LogP contribution >= 0.6 is 0 Å². The van der Waals surface area contributed by atoms with E-state index in [1.807, 2.05) is 31.2 Å². The van der Waals surface area contributed by atoms with Crippen LogP contribution in [-0.2, 0) is 0 Å². The highest BCUT2D eigenvalue weighted by Gasteiger charge is 2.14. The lowest BCUT2D eigenvalue weighted by Crippen LogP contribution is -2.34. The largest absolute Gasteiger partial charge is 0.494 e. The van der Waals surface area contributed by atoms with E-state index < -0.39 is 0 Å². The molecule has 1 saturated heterocycles. The summed E-state index contributed by atoms with van der Waals surface area (Å²) in [6.07, 6.45) is 2.51. The van der Waals surface area contributed by atoms with E-state index >= 15 is 0 Å². The highest BCUT2D eigenvalue weighted by atomic mass is 16.5. The molecule has 0 aromatic heterocycles. The first kappa shape index (κ1) is 11.3. The van der Waals surface area contributed by atoms with E-state index in [0.29, 0.717) is 12.7 Å². The molecule has 1 aromatic rings. The van der Waals surface area contributed by atoms with Gasteiger partial charge in [0.05, 0.1) is 6.61 Å². The second-order valence-electron chi connectivity index (χ2n) is 3.98. The van der Waals surface area contributed by atoms with Gasteiger partial charge in [0.25, 0.3) is 0 Å². The molecular formula is C13H19NO2. The van der Waals surface area contributed by atoms with Crippen molar-refractivity contribution in [3.63, 3.8) is 0 Å². The summed E-state index contributed by atoms with van der Waals surface area (Å²) in [5.74, 6) is 1.80. The van der Waals surface area contributed by atoms with Crippen LogP contribution in [0, 0.1) is 0 Å². The Morgan fingerprint density at radius 1 is 1.25 bits per heavy atom. The number of benzene rings is 1. The molecule has 1 N–H and O–H groups in total. The molecule has 0 atom stereocenters. The third-order valence-corrected chi connectivity index (χ3v) is 2.71. The van der Waals surface area contributed by atoms with Crippen LogP contribution < -0.4 is 14.8 Å². The molecule has 1 aliphatic heterocycles. The Hall–Kier alpha value is -1.22. The van der Waals surface area contributed by atoms with Gasteiger partial charge in [0.2, 0.25) is 0 Å². The lowest BCUT2D eigenvalue weighted by atomic mass is 10.1. The molecule has 3 heteroatoms. The Morgan fingerprint density at radius 2 is 2.00 bits per heavy atom. The Kier molecular flexibility index (Phi) is 4.05. The minimum Gasteiger partial charge on any atom is -0.494 e. The highest BCUT2D eigenvalue weighted by Crippen LogP contribution is 2.22. The zero-order chi connectivity index (χ0) is 11.2. The summed E-state index contributed by atoms with van der Waals surface area (Å²) in [6.45, 7) is 4.78. The molecular weight excluding hydrogens is 202 g/mol. The van der Waals surface area contributed by atoms with Crippen LogP contribution in [0.4, 0.5) is 0 Å². The first-order valence-electron chi connectivity index (χ1n) is 5.98. The minimum atomic E-state index is 0.345. The van der Waals surface area contributed by atoms with E-state index in [4.69, 9.17) is 9.47 Å². The quantitative estimate of drug-likeness (QED) is 0.845. The number of ether oxygens (including phenoxy) is 2. The van der Waals surface area contributed by atoms with Gasteiger partial charge >= 0.3 is 0 Å². The van der Waals surface area contributed by atoms with Crippen molar-refractivity contribution in [2.24, 2.45) is 0 Å². The maximum atomic E-state index is 5.92. The van der Waals surface area contributed by atoms with Gasteiger partial charge in [-0.05, 0) is 45.0 Å². The molecule has 2 rings (SSSR count). The lowest BCUT2D eigenvalue weighted by Gasteiger charge is -2.23. The van der Waals surface area contributed by atoms with Crippen molar-refractivity contribution in [1.29, 1.82) is 0 Å². The maximum absolute atomic E-state index is 5.92. The van der Waals surface area contributed by atoms with Gasteiger partial charge in [0.1, 0.15) is 17.6 Å². The van der Waals surface area contributed by atoms with E-state index in [-0.39, 0.29) is 0 Å². The van der Waals surface area contributed by atoms with Crippen molar-refractivity contribution >= 4 is 0 Å². The summed E-state index contributed by atoms with van der Waals surface area (Å²) in [6, 6.07) is 7.89. The number of rotatable bonds is 4. The second-order valence-corrected chi connectivity index (χ2v) is 3.98. The van der Waals surface area contributed by atoms with Gasteiger partial charge in [-0.25, -0.2) is 0 Å². The maximum Gasteiger partial charge on any atom is 0.123 e. The summed E-state index contributed by atoms with van der Waals surface area (Å²) in [7, 11) is 0. The van der Waals surface area contributed by atoms with Crippen LogP contribution in [0.2, 0.25) is 0 Å². The van der Waals surface area contributed by atoms with Gasteiger partial charge in [-0.3, -0.25) is 0 Å². The standard InChI is InChI=1S/C13H19NO2/c1-2-15-12-4-3-5-13(10-12)16-11-6-8-14-9-7-11/h3-5,10-11,14H,2,6-9H2,1H3. The second kappa shape index (κ2) is 5.75. The monoisotopic (exact) mass is 221 g/mol. The van der Waals surface area contributed by atoms with Crippen molar-refractivity contribution in [1.82, 2.24) is 5.32 Å². The minimum absolute atomic E-state index is 0.345. The molecule has 16 heavy (non-hydrogen) atoms. The fourth-order valence-corrected chi connectivity index (χ4v) is 1.91. The normalized spacial score (nSPS) is 17.1. The summed E-state index contributed by atoms with van der Waals surface area (Å²) in [4.78, 5) is 0.